The van der Waals surface area contributed by atoms with E-state index in [-0.39, 0.29) is 61.9 Å². The predicted octanol–water partition coefficient (Wildman–Crippen LogP) is 7.43. The van der Waals surface area contributed by atoms with Gasteiger partial charge in [-0.05, 0) is 112 Å². The van der Waals surface area contributed by atoms with E-state index in [1.807, 2.05) is 30.3 Å². The molecule has 3 aromatic rings. The third-order valence-corrected chi connectivity index (χ3v) is 17.0. The summed E-state index contributed by atoms with van der Waals surface area (Å²) in [5, 5.41) is 0.995. The highest BCUT2D eigenvalue weighted by atomic mass is 32.2. The summed E-state index contributed by atoms with van der Waals surface area (Å²) in [6, 6.07) is 11.0. The maximum atomic E-state index is 15.2. The number of amides is 2. The van der Waals surface area contributed by atoms with Crippen molar-refractivity contribution in [1.82, 2.24) is 19.6 Å². The normalized spacial score (nSPS) is 30.4. The van der Waals surface area contributed by atoms with Crippen LogP contribution in [0.4, 0.5) is 0 Å². The van der Waals surface area contributed by atoms with E-state index in [1.54, 1.807) is 30.3 Å². The highest BCUT2D eigenvalue weighted by Gasteiger charge is 2.62. The number of sulfonamides is 1. The molecule has 1 saturated heterocycles. The van der Waals surface area contributed by atoms with E-state index >= 15 is 4.79 Å². The number of aromatic nitrogens is 2. The lowest BCUT2D eigenvalue weighted by atomic mass is 9.77. The number of benzene rings is 1. The zero-order valence-corrected chi connectivity index (χ0v) is 36.0. The maximum Gasteiger partial charge on any atom is 0.306 e. The van der Waals surface area contributed by atoms with E-state index < -0.39 is 50.1 Å². The van der Waals surface area contributed by atoms with Crippen LogP contribution in [0.5, 0.6) is 5.88 Å². The fourth-order valence-corrected chi connectivity index (χ4v) is 11.9. The molecule has 2 amide bonds. The Morgan fingerprint density at radius 3 is 2.39 bits per heavy atom. The molecule has 2 aliphatic heterocycles. The molecule has 324 valence electrons. The number of carbonyl (C=O) groups is 4. The smallest absolute Gasteiger partial charge is 0.306 e. The van der Waals surface area contributed by atoms with Gasteiger partial charge < -0.3 is 14.4 Å². The van der Waals surface area contributed by atoms with E-state index in [0.29, 0.717) is 31.1 Å². The van der Waals surface area contributed by atoms with Gasteiger partial charge in [-0.1, -0.05) is 56.4 Å². The number of hydrogen-bond acceptors (Lipinski definition) is 10. The van der Waals surface area contributed by atoms with Crippen LogP contribution in [0.3, 0.4) is 0 Å². The number of ether oxygens (including phenoxy) is 2. The minimum atomic E-state index is -3.96. The first-order valence-corrected chi connectivity index (χ1v) is 24.1. The highest BCUT2D eigenvalue weighted by Crippen LogP contribution is 2.57. The molecule has 12 nitrogen and oxygen atoms in total. The standard InChI is InChI=1S/C48H58N4O8S/c1-3-33-27-48(33,46(56)51-61(57,58)47(2)20-21-47)28-40(53)39-25-34-29-52(39)45(55)37(30-12-6-4-7-13-30)26-42(54)60-41-24-32(41)14-8-5-9-16-36-43(31-18-22-49-23-19-31)35-15-10-11-17-38(35)50-44(36)59-34/h3,10-11,15,17-19,22-23,30,32-34,37,39,41H,1,4-9,12-14,16,20-21,24-29H2,2H3,(H,51,56)/t32-,33-,34-,37+,39+,41-,48?/m1/s1. The third-order valence-electron chi connectivity index (χ3n) is 14.9. The minimum absolute atomic E-state index is 0.0403. The third kappa shape index (κ3) is 8.35. The average molecular weight is 851 g/mol. The Kier molecular flexibility index (Phi) is 11.3. The van der Waals surface area contributed by atoms with Gasteiger partial charge in [-0.2, -0.15) is 0 Å². The van der Waals surface area contributed by atoms with Crippen molar-refractivity contribution >= 4 is 44.5 Å². The van der Waals surface area contributed by atoms with Crippen LogP contribution in [-0.2, 0) is 40.4 Å². The molecule has 0 radical (unpaired) electrons. The summed E-state index contributed by atoms with van der Waals surface area (Å²) in [7, 11) is -3.96. The van der Waals surface area contributed by atoms with Crippen LogP contribution < -0.4 is 9.46 Å². The summed E-state index contributed by atoms with van der Waals surface area (Å²) in [5.74, 6) is -2.00. The maximum absolute atomic E-state index is 15.2. The summed E-state index contributed by atoms with van der Waals surface area (Å²) in [5.41, 5.74) is 2.44. The van der Waals surface area contributed by atoms with Gasteiger partial charge in [0.15, 0.2) is 5.78 Å². The zero-order chi connectivity index (χ0) is 42.5. The molecule has 1 N–H and O–H groups in total. The summed E-state index contributed by atoms with van der Waals surface area (Å²) in [4.78, 5) is 68.6. The van der Waals surface area contributed by atoms with Gasteiger partial charge in [-0.25, -0.2) is 13.4 Å². The summed E-state index contributed by atoms with van der Waals surface area (Å²) in [6.45, 7) is 5.61. The molecule has 4 heterocycles. The van der Waals surface area contributed by atoms with Crippen molar-refractivity contribution in [3.05, 3.63) is 67.0 Å². The van der Waals surface area contributed by atoms with Crippen LogP contribution in [0.2, 0.25) is 0 Å². The second-order valence-corrected chi connectivity index (χ2v) is 21.3. The number of rotatable bonds is 9. The molecular weight excluding hydrogens is 793 g/mol. The van der Waals surface area contributed by atoms with E-state index in [2.05, 4.69) is 22.4 Å². The monoisotopic (exact) mass is 850 g/mol. The first-order valence-electron chi connectivity index (χ1n) is 22.6. The van der Waals surface area contributed by atoms with Gasteiger partial charge in [-0.3, -0.25) is 28.9 Å². The molecule has 4 saturated carbocycles. The quantitative estimate of drug-likeness (QED) is 0.169. The second kappa shape index (κ2) is 16.6. The van der Waals surface area contributed by atoms with Crippen molar-refractivity contribution in [2.24, 2.45) is 29.1 Å². The first-order chi connectivity index (χ1) is 29.4. The molecule has 61 heavy (non-hydrogen) atoms. The Morgan fingerprint density at radius 2 is 1.67 bits per heavy atom. The Bertz CT molecular complexity index is 2330. The number of pyridine rings is 2. The van der Waals surface area contributed by atoms with Gasteiger partial charge in [0, 0.05) is 36.2 Å². The number of Topliss-reactive ketones (excluding diaryl/α,β-unsaturated/α-hetero) is 1. The Labute approximate surface area is 358 Å². The van der Waals surface area contributed by atoms with Crippen LogP contribution in [-0.4, -0.2) is 76.4 Å². The van der Waals surface area contributed by atoms with E-state index in [4.69, 9.17) is 14.5 Å². The minimum Gasteiger partial charge on any atom is -0.472 e. The fourth-order valence-electron chi connectivity index (χ4n) is 10.6. The average Bonchev–Trinajstić information content (AvgIpc) is 4.22. The second-order valence-electron chi connectivity index (χ2n) is 19.1. The largest absolute Gasteiger partial charge is 0.472 e. The molecule has 5 fully saturated rings. The molecule has 1 unspecified atom stereocenters. The van der Waals surface area contributed by atoms with Crippen LogP contribution >= 0.6 is 0 Å². The number of carbonyl (C=O) groups excluding carboxylic acids is 4. The number of nitrogens with one attached hydrogen (secondary N) is 1. The number of nitrogens with zero attached hydrogens (tertiary/aromatic N) is 3. The number of esters is 1. The van der Waals surface area contributed by atoms with E-state index in [1.165, 1.54) is 0 Å². The van der Waals surface area contributed by atoms with Gasteiger partial charge >= 0.3 is 5.97 Å². The highest BCUT2D eigenvalue weighted by molar-refractivity contribution is 7.91. The summed E-state index contributed by atoms with van der Waals surface area (Å²) >= 11 is 0. The zero-order valence-electron chi connectivity index (χ0n) is 35.2. The lowest BCUT2D eigenvalue weighted by Crippen LogP contribution is -2.48. The van der Waals surface area contributed by atoms with Crippen molar-refractivity contribution in [2.45, 2.75) is 139 Å². The number of hydrogen-bond donors (Lipinski definition) is 1. The number of para-hydroxylation sites is 1. The molecule has 13 heteroatoms. The molecule has 2 aromatic heterocycles. The van der Waals surface area contributed by atoms with Crippen molar-refractivity contribution in [3.63, 3.8) is 0 Å². The molecule has 2 bridgehead atoms. The molecule has 4 aliphatic carbocycles. The topological polar surface area (TPSA) is 162 Å². The molecule has 0 spiro atoms. The number of ketones is 1. The van der Waals surface area contributed by atoms with Crippen molar-refractivity contribution in [1.29, 1.82) is 0 Å². The van der Waals surface area contributed by atoms with Gasteiger partial charge in [0.2, 0.25) is 27.7 Å². The number of allylic oxidation sites excluding steroid dienone is 1. The molecule has 6 aliphatic rings. The molecule has 9 rings (SSSR count). The van der Waals surface area contributed by atoms with E-state index in [9.17, 15) is 22.8 Å². The van der Waals surface area contributed by atoms with Crippen LogP contribution in [0.1, 0.15) is 115 Å². The SMILES string of the molecule is C=C[C@@H]1CC1(CC(=O)[C@@H]1C[C@@H]2CN1C(=O)[C@H](C1CCCCC1)CC(=O)O[C@@H]1C[C@H]1CCCCCc1c(nc3ccccc3c1-c1ccncc1)O2)C(=O)NS(=O)(=O)C1(C)CC1. The predicted molar refractivity (Wildman–Crippen MR) is 229 cm³/mol. The van der Waals surface area contributed by atoms with Gasteiger partial charge in [-0.15, -0.1) is 6.58 Å². The fraction of sp³-hybridized carbons (Fsp3) is 0.583. The molecular formula is C48H58N4O8S. The van der Waals surface area contributed by atoms with Gasteiger partial charge in [0.1, 0.15) is 12.2 Å². The lowest BCUT2D eigenvalue weighted by molar-refractivity contribution is -0.153. The molecule has 7 atom stereocenters. The Hall–Kier alpha value is -4.65. The van der Waals surface area contributed by atoms with Crippen molar-refractivity contribution in [2.75, 3.05) is 6.54 Å². The Morgan fingerprint density at radius 1 is 0.951 bits per heavy atom. The molecule has 1 aromatic carbocycles. The summed E-state index contributed by atoms with van der Waals surface area (Å²) < 4.78 is 40.8. The van der Waals surface area contributed by atoms with Crippen LogP contribution in [0, 0.1) is 29.1 Å². The van der Waals surface area contributed by atoms with Crippen LogP contribution in [0.15, 0.2) is 61.4 Å². The first kappa shape index (κ1) is 41.7. The summed E-state index contributed by atoms with van der Waals surface area (Å²) in [6.07, 6.45) is 15.4. The van der Waals surface area contributed by atoms with Crippen LogP contribution in [0.25, 0.3) is 22.0 Å². The Balaban J connectivity index is 1.09. The lowest BCUT2D eigenvalue weighted by Gasteiger charge is -2.34. The van der Waals surface area contributed by atoms with Gasteiger partial charge in [0.05, 0.1) is 40.6 Å². The van der Waals surface area contributed by atoms with Crippen molar-refractivity contribution in [3.8, 4) is 17.0 Å². The van der Waals surface area contributed by atoms with Gasteiger partial charge in [0.25, 0.3) is 0 Å². The number of fused-ring (bicyclic) bond motifs is 5. The van der Waals surface area contributed by atoms with Crippen molar-refractivity contribution < 1.29 is 37.1 Å². The van der Waals surface area contributed by atoms with E-state index in [0.717, 1.165) is 91.8 Å².